The molecule has 0 fully saturated rings. The summed E-state index contributed by atoms with van der Waals surface area (Å²) in [5.74, 6) is -1.39. The van der Waals surface area contributed by atoms with Crippen LogP contribution in [0.3, 0.4) is 0 Å². The topological polar surface area (TPSA) is 94.1 Å². The molecule has 0 bridgehead atoms. The van der Waals surface area contributed by atoms with E-state index >= 15 is 0 Å². The van der Waals surface area contributed by atoms with E-state index in [0.717, 1.165) is 23.6 Å². The van der Waals surface area contributed by atoms with Gasteiger partial charge in [-0.1, -0.05) is 37.3 Å². The Morgan fingerprint density at radius 3 is 2.11 bits per heavy atom. The molecule has 44 heavy (non-hydrogen) atoms. The Bertz CT molecular complexity index is 1560. The maximum Gasteiger partial charge on any atom is 0.335 e. The lowest BCUT2D eigenvalue weighted by Gasteiger charge is -2.55. The Morgan fingerprint density at radius 2 is 1.52 bits per heavy atom. The molecule has 16 radical (unpaired) electrons. The molecule has 0 aromatic heterocycles. The number of carboxylic acids is 1. The molecule has 2 N–H and O–H groups in total. The molecule has 0 saturated heterocycles. The summed E-state index contributed by atoms with van der Waals surface area (Å²) in [4.78, 5) is 26.5. The number of carbonyl (C=O) groups is 2. The largest absolute Gasteiger partial charge is 0.483 e. The second-order valence-electron chi connectivity index (χ2n) is 10.8. The minimum Gasteiger partial charge on any atom is -0.483 e. The average Bonchev–Trinajstić information content (AvgIpc) is 3.43. The van der Waals surface area contributed by atoms with Gasteiger partial charge in [-0.05, 0) is 77.0 Å². The average molecular weight is 586 g/mol. The summed E-state index contributed by atoms with van der Waals surface area (Å²) in [5.41, 5.74) is -1.66. The van der Waals surface area contributed by atoms with Gasteiger partial charge in [-0.25, -0.2) is 4.79 Å². The van der Waals surface area contributed by atoms with Crippen molar-refractivity contribution in [3.05, 3.63) is 82.9 Å². The van der Waals surface area contributed by atoms with Crippen LogP contribution in [0, 0.1) is 0 Å². The SMILES string of the molecule is [B]C(Oc1ccc(C(=O)O)cc1C([B])([B])C([B])([B])C([B])([B])[B])(C(=O)NSc1ccc(C(C)C)cc1)c1ccc2c(c1)OCO2. The number of hydrogen-bond acceptors (Lipinski definition) is 6. The van der Waals surface area contributed by atoms with Crippen LogP contribution in [0.25, 0.3) is 0 Å². The first-order valence-electron chi connectivity index (χ1n) is 13.2. The molecule has 3 aromatic rings. The van der Waals surface area contributed by atoms with Crippen LogP contribution in [-0.4, -0.2) is 86.5 Å². The highest BCUT2D eigenvalue weighted by atomic mass is 32.2. The Kier molecular flexibility index (Phi) is 9.47. The second-order valence-corrected chi connectivity index (χ2v) is 11.7. The number of ether oxygens (including phenoxy) is 3. The summed E-state index contributed by atoms with van der Waals surface area (Å²) >= 11 is 0.998. The van der Waals surface area contributed by atoms with Crippen molar-refractivity contribution in [2.45, 2.75) is 45.7 Å². The molecule has 4 rings (SSSR count). The third-order valence-electron chi connectivity index (χ3n) is 7.29. The molecule has 0 spiro atoms. The number of rotatable bonds is 11. The highest BCUT2D eigenvalue weighted by Crippen LogP contribution is 2.53. The van der Waals surface area contributed by atoms with E-state index in [2.05, 4.69) is 18.6 Å². The number of benzene rings is 3. The normalized spacial score (nSPS) is 14.5. The maximum atomic E-state index is 13.9. The van der Waals surface area contributed by atoms with E-state index < -0.39 is 32.9 Å². The van der Waals surface area contributed by atoms with Crippen molar-refractivity contribution < 1.29 is 28.9 Å². The minimum atomic E-state index is -2.47. The zero-order valence-corrected chi connectivity index (χ0v) is 24.9. The zero-order chi connectivity index (χ0) is 32.7. The Labute approximate surface area is 272 Å². The first kappa shape index (κ1) is 33.8. The smallest absolute Gasteiger partial charge is 0.335 e. The highest BCUT2D eigenvalue weighted by molar-refractivity contribution is 7.98. The standard InChI is InChI=1S/C28H21B8NO6S/c1-14(2)15-3-7-18(8-4-15)44-37-24(40)25(29,17-6-10-21-22(12-17)42-13-41-21)43-20-9-5-16(23(38)39)11-19(20)26(30,31)27(32,33)28(34,35)36/h3-12,14H,13H2,1-2H3,(H,37,40)(H,38,39). The van der Waals surface area contributed by atoms with Crippen LogP contribution in [0.5, 0.6) is 17.2 Å². The molecule has 1 atom stereocenters. The summed E-state index contributed by atoms with van der Waals surface area (Å²) < 4.78 is 19.7. The lowest BCUT2D eigenvalue weighted by molar-refractivity contribution is -0.129. The van der Waals surface area contributed by atoms with Gasteiger partial charge < -0.3 is 19.3 Å². The van der Waals surface area contributed by atoms with Crippen LogP contribution in [0.4, 0.5) is 0 Å². The monoisotopic (exact) mass is 587 g/mol. The van der Waals surface area contributed by atoms with Crippen LogP contribution >= 0.6 is 11.9 Å². The lowest BCUT2D eigenvalue weighted by Crippen LogP contribution is -2.52. The molecule has 1 unspecified atom stereocenters. The summed E-state index contributed by atoms with van der Waals surface area (Å²) in [6, 6.07) is 15.5. The molecule has 0 saturated carbocycles. The molecule has 7 nitrogen and oxygen atoms in total. The third kappa shape index (κ3) is 6.46. The Balaban J connectivity index is 1.80. The fourth-order valence-electron chi connectivity index (χ4n) is 4.30. The second kappa shape index (κ2) is 12.3. The van der Waals surface area contributed by atoms with Gasteiger partial charge in [-0.3, -0.25) is 9.52 Å². The third-order valence-corrected chi connectivity index (χ3v) is 8.09. The molecule has 1 aliphatic rings. The minimum absolute atomic E-state index is 0.0383. The predicted octanol–water partition coefficient (Wildman–Crippen LogP) is 1.98. The molecule has 16 heteroatoms. The predicted molar refractivity (Wildman–Crippen MR) is 176 cm³/mol. The van der Waals surface area contributed by atoms with Crippen molar-refractivity contribution in [3.8, 4) is 17.2 Å². The molecule has 1 amide bonds. The van der Waals surface area contributed by atoms with E-state index in [1.807, 2.05) is 24.3 Å². The quantitative estimate of drug-likeness (QED) is 0.263. The van der Waals surface area contributed by atoms with Crippen molar-refractivity contribution in [2.24, 2.45) is 0 Å². The van der Waals surface area contributed by atoms with Crippen molar-refractivity contribution in [1.29, 1.82) is 0 Å². The van der Waals surface area contributed by atoms with Gasteiger partial charge in [0.15, 0.2) is 24.8 Å². The maximum absolute atomic E-state index is 13.9. The number of amides is 1. The zero-order valence-electron chi connectivity index (χ0n) is 24.1. The fraction of sp³-hybridized carbons (Fsp3) is 0.286. The molecule has 1 aliphatic heterocycles. The van der Waals surface area contributed by atoms with Gasteiger partial charge in [-0.15, -0.1) is 10.3 Å². The van der Waals surface area contributed by atoms with E-state index in [1.165, 1.54) is 24.3 Å². The van der Waals surface area contributed by atoms with Crippen LogP contribution in [0.15, 0.2) is 65.6 Å². The van der Waals surface area contributed by atoms with Crippen LogP contribution in [-0.2, 0) is 15.5 Å². The van der Waals surface area contributed by atoms with Gasteiger partial charge in [0, 0.05) is 28.4 Å². The molecule has 3 aromatic carbocycles. The van der Waals surface area contributed by atoms with E-state index in [9.17, 15) is 14.7 Å². The van der Waals surface area contributed by atoms with Crippen molar-refractivity contribution in [1.82, 2.24) is 4.72 Å². The van der Waals surface area contributed by atoms with Crippen LogP contribution in [0.2, 0.25) is 10.3 Å². The van der Waals surface area contributed by atoms with E-state index in [1.54, 1.807) is 6.07 Å². The number of hydrogen-bond donors (Lipinski definition) is 2. The highest BCUT2D eigenvalue weighted by Gasteiger charge is 2.46. The molecular formula is C28H21B8NO6S. The Hall–Kier alpha value is -3.13. The van der Waals surface area contributed by atoms with E-state index in [0.29, 0.717) is 22.3 Å². The summed E-state index contributed by atoms with van der Waals surface area (Å²) in [6.45, 7) is 4.10. The number of aromatic carboxylic acids is 1. The summed E-state index contributed by atoms with van der Waals surface area (Å²) in [6.07, 6.45) is 0. The molecule has 1 heterocycles. The van der Waals surface area contributed by atoms with Gasteiger partial charge in [0.2, 0.25) is 6.79 Å². The summed E-state index contributed by atoms with van der Waals surface area (Å²) in [5, 5.41) is 2.39. The van der Waals surface area contributed by atoms with Crippen LogP contribution < -0.4 is 18.9 Å². The van der Waals surface area contributed by atoms with E-state index in [4.69, 9.17) is 77.0 Å². The Morgan fingerprint density at radius 1 is 0.886 bits per heavy atom. The molecular weight excluding hydrogens is 565 g/mol. The summed E-state index contributed by atoms with van der Waals surface area (Å²) in [7, 11) is 49.2. The number of carbonyl (C=O) groups excluding carboxylic acids is 1. The lowest BCUT2D eigenvalue weighted by atomic mass is 9.13. The van der Waals surface area contributed by atoms with Gasteiger partial charge in [-0.2, -0.15) is 0 Å². The van der Waals surface area contributed by atoms with Crippen molar-refractivity contribution >= 4 is 86.6 Å². The molecule has 204 valence electrons. The van der Waals surface area contributed by atoms with Crippen LogP contribution in [0.1, 0.15) is 46.8 Å². The fourth-order valence-corrected chi connectivity index (χ4v) is 4.93. The number of carboxylic acid groups (broad SMARTS) is 1. The van der Waals surface area contributed by atoms with Gasteiger partial charge in [0.05, 0.1) is 36.9 Å². The first-order valence-corrected chi connectivity index (χ1v) is 14.1. The van der Waals surface area contributed by atoms with Crippen molar-refractivity contribution in [2.75, 3.05) is 6.79 Å². The van der Waals surface area contributed by atoms with Gasteiger partial charge >= 0.3 is 5.97 Å². The van der Waals surface area contributed by atoms with Gasteiger partial charge in [0.1, 0.15) is 5.75 Å². The first-order chi connectivity index (χ1) is 20.4. The van der Waals surface area contributed by atoms with Gasteiger partial charge in [0.25, 0.3) is 5.91 Å². The number of fused-ring (bicyclic) bond motifs is 1. The molecule has 0 aliphatic carbocycles. The van der Waals surface area contributed by atoms with E-state index in [-0.39, 0.29) is 29.2 Å². The van der Waals surface area contributed by atoms with Crippen molar-refractivity contribution in [3.63, 3.8) is 0 Å². The number of nitrogens with one attached hydrogen (secondary N) is 1.